The molecule has 0 heterocycles. The van der Waals surface area contributed by atoms with E-state index in [0.29, 0.717) is 6.61 Å². The van der Waals surface area contributed by atoms with E-state index >= 15 is 0 Å². The minimum Gasteiger partial charge on any atom is -0.272 e. The highest BCUT2D eigenvalue weighted by Crippen LogP contribution is 2.09. The van der Waals surface area contributed by atoms with Gasteiger partial charge in [0.05, 0.1) is 12.3 Å². The molecule has 0 atom stereocenters. The van der Waals surface area contributed by atoms with Crippen molar-refractivity contribution in [1.82, 2.24) is 5.48 Å². The fourth-order valence-corrected chi connectivity index (χ4v) is 1.08. The summed E-state index contributed by atoms with van der Waals surface area (Å²) in [4.78, 5) is 5.15. The van der Waals surface area contributed by atoms with Gasteiger partial charge in [-0.2, -0.15) is 0 Å². The van der Waals surface area contributed by atoms with Gasteiger partial charge >= 0.3 is 0 Å². The summed E-state index contributed by atoms with van der Waals surface area (Å²) in [7, 11) is 0. The van der Waals surface area contributed by atoms with Crippen LogP contribution in [0.15, 0.2) is 49.1 Å². The van der Waals surface area contributed by atoms with Crippen molar-refractivity contribution in [1.29, 1.82) is 0 Å². The van der Waals surface area contributed by atoms with Crippen molar-refractivity contribution >= 4 is 5.70 Å². The molecule has 0 saturated carbocycles. The Morgan fingerprint density at radius 3 is 2.71 bits per heavy atom. The molecule has 1 aromatic rings. The van der Waals surface area contributed by atoms with Crippen LogP contribution in [-0.4, -0.2) is 6.61 Å². The Hall–Kier alpha value is -1.54. The van der Waals surface area contributed by atoms with Crippen LogP contribution in [0.4, 0.5) is 0 Å². The van der Waals surface area contributed by atoms with Crippen LogP contribution in [0.1, 0.15) is 12.5 Å². The van der Waals surface area contributed by atoms with E-state index in [9.17, 15) is 0 Å². The van der Waals surface area contributed by atoms with Gasteiger partial charge in [-0.15, -0.1) is 6.58 Å². The lowest BCUT2D eigenvalue weighted by atomic mass is 10.1. The first kappa shape index (κ1) is 10.5. The molecule has 14 heavy (non-hydrogen) atoms. The quantitative estimate of drug-likeness (QED) is 0.437. The van der Waals surface area contributed by atoms with Crippen molar-refractivity contribution in [3.63, 3.8) is 0 Å². The number of benzene rings is 1. The molecular weight excluding hydrogens is 174 g/mol. The zero-order valence-corrected chi connectivity index (χ0v) is 8.36. The van der Waals surface area contributed by atoms with Crippen molar-refractivity contribution in [2.75, 3.05) is 6.61 Å². The van der Waals surface area contributed by atoms with Crippen LogP contribution in [0, 0.1) is 0 Å². The van der Waals surface area contributed by atoms with E-state index in [-0.39, 0.29) is 0 Å². The van der Waals surface area contributed by atoms with Crippen molar-refractivity contribution in [3.8, 4) is 0 Å². The zero-order chi connectivity index (χ0) is 10.2. The van der Waals surface area contributed by atoms with Crippen molar-refractivity contribution in [2.45, 2.75) is 6.92 Å². The molecule has 0 aromatic heterocycles. The van der Waals surface area contributed by atoms with E-state index in [1.165, 1.54) is 0 Å². The highest BCUT2D eigenvalue weighted by atomic mass is 16.6. The van der Waals surface area contributed by atoms with Gasteiger partial charge in [0, 0.05) is 0 Å². The van der Waals surface area contributed by atoms with Crippen LogP contribution in [0.25, 0.3) is 5.70 Å². The summed E-state index contributed by atoms with van der Waals surface area (Å²) in [5, 5.41) is 0. The third-order valence-corrected chi connectivity index (χ3v) is 1.76. The lowest BCUT2D eigenvalue weighted by Crippen LogP contribution is -2.12. The van der Waals surface area contributed by atoms with Crippen LogP contribution in [-0.2, 0) is 4.84 Å². The number of hydroxylamine groups is 1. The lowest BCUT2D eigenvalue weighted by molar-refractivity contribution is 0.103. The summed E-state index contributed by atoms with van der Waals surface area (Å²) in [5.74, 6) is 0. The molecule has 0 spiro atoms. The van der Waals surface area contributed by atoms with Crippen LogP contribution >= 0.6 is 0 Å². The summed E-state index contributed by atoms with van der Waals surface area (Å²) in [6, 6.07) is 10.0. The van der Waals surface area contributed by atoms with E-state index in [2.05, 4.69) is 12.1 Å². The Morgan fingerprint density at radius 1 is 1.43 bits per heavy atom. The molecule has 0 radical (unpaired) electrons. The molecule has 0 fully saturated rings. The second kappa shape index (κ2) is 6.00. The van der Waals surface area contributed by atoms with Crippen LogP contribution in [0.5, 0.6) is 0 Å². The average molecular weight is 189 g/mol. The molecule has 0 aliphatic heterocycles. The minimum absolute atomic E-state index is 0.490. The van der Waals surface area contributed by atoms with Crippen molar-refractivity contribution in [3.05, 3.63) is 54.6 Å². The lowest BCUT2D eigenvalue weighted by Gasteiger charge is -2.09. The Labute approximate surface area is 84.9 Å². The molecule has 1 rings (SSSR count). The number of hydrogen-bond donors (Lipinski definition) is 1. The molecular formula is C12H15NO. The first-order chi connectivity index (χ1) is 6.88. The molecule has 2 heteroatoms. The molecule has 1 N–H and O–H groups in total. The molecule has 0 amide bonds. The zero-order valence-electron chi connectivity index (χ0n) is 8.36. The Bertz CT molecular complexity index is 303. The first-order valence-electron chi connectivity index (χ1n) is 4.59. The first-order valence-corrected chi connectivity index (χ1v) is 4.59. The van der Waals surface area contributed by atoms with Gasteiger partial charge in [0.2, 0.25) is 0 Å². The standard InChI is InChI=1S/C12H15NO/c1-3-10-14-13-12(4-2)11-8-6-5-7-9-11/h3-9,13H,1,10H2,2H3/b12-4+. The van der Waals surface area contributed by atoms with Gasteiger partial charge in [-0.1, -0.05) is 42.5 Å². The summed E-state index contributed by atoms with van der Waals surface area (Å²) in [6.07, 6.45) is 3.67. The molecule has 0 unspecified atom stereocenters. The van der Waals surface area contributed by atoms with E-state index in [4.69, 9.17) is 4.84 Å². The summed E-state index contributed by atoms with van der Waals surface area (Å²) in [6.45, 7) is 6.03. The van der Waals surface area contributed by atoms with Crippen LogP contribution < -0.4 is 5.48 Å². The third-order valence-electron chi connectivity index (χ3n) is 1.76. The monoisotopic (exact) mass is 189 g/mol. The maximum absolute atomic E-state index is 5.15. The van der Waals surface area contributed by atoms with Crippen molar-refractivity contribution < 1.29 is 4.84 Å². The number of hydrogen-bond acceptors (Lipinski definition) is 2. The van der Waals surface area contributed by atoms with Gasteiger partial charge in [0.15, 0.2) is 0 Å². The summed E-state index contributed by atoms with van der Waals surface area (Å²) in [5.41, 5.74) is 4.95. The highest BCUT2D eigenvalue weighted by molar-refractivity contribution is 5.62. The topological polar surface area (TPSA) is 21.3 Å². The molecule has 74 valence electrons. The predicted molar refractivity (Wildman–Crippen MR) is 59.4 cm³/mol. The number of rotatable bonds is 5. The highest BCUT2D eigenvalue weighted by Gasteiger charge is 1.97. The van der Waals surface area contributed by atoms with E-state index in [1.54, 1.807) is 6.08 Å². The molecule has 0 aliphatic rings. The van der Waals surface area contributed by atoms with E-state index in [0.717, 1.165) is 11.3 Å². The van der Waals surface area contributed by atoms with Crippen molar-refractivity contribution in [2.24, 2.45) is 0 Å². The molecule has 0 saturated heterocycles. The van der Waals surface area contributed by atoms with Crippen LogP contribution in [0.2, 0.25) is 0 Å². The third kappa shape index (κ3) is 3.07. The maximum Gasteiger partial charge on any atom is 0.0925 e. The maximum atomic E-state index is 5.15. The van der Waals surface area contributed by atoms with Gasteiger partial charge < -0.3 is 0 Å². The number of allylic oxidation sites excluding steroid dienone is 1. The van der Waals surface area contributed by atoms with E-state index < -0.39 is 0 Å². The Balaban J connectivity index is 2.60. The van der Waals surface area contributed by atoms with Gasteiger partial charge in [0.1, 0.15) is 0 Å². The van der Waals surface area contributed by atoms with Gasteiger partial charge in [0.25, 0.3) is 0 Å². The normalized spacial score (nSPS) is 11.1. The fourth-order valence-electron chi connectivity index (χ4n) is 1.08. The summed E-state index contributed by atoms with van der Waals surface area (Å²) >= 11 is 0. The predicted octanol–water partition coefficient (Wildman–Crippen LogP) is 2.75. The molecule has 0 bridgehead atoms. The second-order valence-corrected chi connectivity index (χ2v) is 2.77. The largest absolute Gasteiger partial charge is 0.272 e. The average Bonchev–Trinajstić information content (AvgIpc) is 2.26. The smallest absolute Gasteiger partial charge is 0.0925 e. The Kier molecular flexibility index (Phi) is 4.51. The van der Waals surface area contributed by atoms with Gasteiger partial charge in [-0.25, -0.2) is 0 Å². The number of nitrogens with one attached hydrogen (secondary N) is 1. The molecule has 0 aliphatic carbocycles. The molecule has 1 aromatic carbocycles. The molecule has 2 nitrogen and oxygen atoms in total. The SMILES string of the molecule is C=CCON/C(=C/C)c1ccccc1. The van der Waals surface area contributed by atoms with Gasteiger partial charge in [-0.05, 0) is 12.5 Å². The van der Waals surface area contributed by atoms with E-state index in [1.807, 2.05) is 43.3 Å². The second-order valence-electron chi connectivity index (χ2n) is 2.77. The minimum atomic E-state index is 0.490. The Morgan fingerprint density at radius 2 is 2.14 bits per heavy atom. The summed E-state index contributed by atoms with van der Waals surface area (Å²) < 4.78 is 0. The van der Waals surface area contributed by atoms with Crippen LogP contribution in [0.3, 0.4) is 0 Å². The van der Waals surface area contributed by atoms with Gasteiger partial charge in [-0.3, -0.25) is 10.3 Å². The fraction of sp³-hybridized carbons (Fsp3) is 0.167.